The number of nitrogens with zero attached hydrogens (tertiary/aromatic N) is 1. The van der Waals surface area contributed by atoms with E-state index in [-0.39, 0.29) is 48.4 Å². The number of carbonyl (C=O) groups is 1. The normalized spacial score (nSPS) is 23.7. The first-order chi connectivity index (χ1) is 16.5. The minimum atomic E-state index is -0.556. The summed E-state index contributed by atoms with van der Waals surface area (Å²) in [6.45, 7) is 0.236. The summed E-state index contributed by atoms with van der Waals surface area (Å²) >= 11 is 0. The smallest absolute Gasteiger partial charge is 0.308 e. The molecule has 2 saturated heterocycles. The maximum atomic E-state index is 13.4. The van der Waals surface area contributed by atoms with Gasteiger partial charge in [0.2, 0.25) is 0 Å². The standard InChI is InChI=1S/C25H22FN3O5/c26-18-5-1-3-15(11-18)14-33-20-9-7-16(8-10-20)21-13-22(30)34-25-23(21)24(27-28-25)17-4-2-6-19(12-17)29(31)32/h1-12,21,23-25,27-28H,13-14H2. The molecule has 2 fully saturated rings. The van der Waals surface area contributed by atoms with E-state index in [1.54, 1.807) is 24.3 Å². The van der Waals surface area contributed by atoms with Crippen LogP contribution < -0.4 is 15.6 Å². The van der Waals surface area contributed by atoms with E-state index in [2.05, 4.69) is 10.9 Å². The molecule has 4 unspecified atom stereocenters. The van der Waals surface area contributed by atoms with Gasteiger partial charge in [0, 0.05) is 24.0 Å². The highest BCUT2D eigenvalue weighted by Gasteiger charge is 2.48. The van der Waals surface area contributed by atoms with Crippen molar-refractivity contribution in [1.82, 2.24) is 10.9 Å². The van der Waals surface area contributed by atoms with E-state index in [1.165, 1.54) is 18.2 Å². The minimum absolute atomic E-state index is 0.00639. The highest BCUT2D eigenvalue weighted by molar-refractivity contribution is 5.72. The fraction of sp³-hybridized carbons (Fsp3) is 0.240. The average Bonchev–Trinajstić information content (AvgIpc) is 3.26. The van der Waals surface area contributed by atoms with Crippen molar-refractivity contribution in [2.75, 3.05) is 0 Å². The van der Waals surface area contributed by atoms with Crippen LogP contribution in [0.25, 0.3) is 0 Å². The van der Waals surface area contributed by atoms with E-state index in [0.717, 1.165) is 16.7 Å². The number of hydrazine groups is 1. The molecule has 0 amide bonds. The monoisotopic (exact) mass is 463 g/mol. The number of nitrogens with one attached hydrogen (secondary N) is 2. The minimum Gasteiger partial charge on any atom is -0.489 e. The Morgan fingerprint density at radius 1 is 1.03 bits per heavy atom. The molecule has 2 aliphatic heterocycles. The summed E-state index contributed by atoms with van der Waals surface area (Å²) in [4.78, 5) is 23.1. The van der Waals surface area contributed by atoms with E-state index in [1.807, 2.05) is 30.3 Å². The number of hydrogen-bond acceptors (Lipinski definition) is 7. The zero-order valence-corrected chi connectivity index (χ0v) is 18.0. The van der Waals surface area contributed by atoms with Crippen LogP contribution in [0.2, 0.25) is 0 Å². The summed E-state index contributed by atoms with van der Waals surface area (Å²) in [5, 5.41) is 11.2. The Morgan fingerprint density at radius 3 is 2.59 bits per heavy atom. The van der Waals surface area contributed by atoms with Crippen molar-refractivity contribution >= 4 is 11.7 Å². The number of rotatable bonds is 6. The van der Waals surface area contributed by atoms with E-state index < -0.39 is 11.2 Å². The second-order valence-electron chi connectivity index (χ2n) is 8.40. The Hall–Kier alpha value is -3.82. The zero-order chi connectivity index (χ0) is 23.7. The van der Waals surface area contributed by atoms with Crippen molar-refractivity contribution in [2.24, 2.45) is 5.92 Å². The van der Waals surface area contributed by atoms with Gasteiger partial charge in [-0.15, -0.1) is 0 Å². The zero-order valence-electron chi connectivity index (χ0n) is 18.0. The Kier molecular flexibility index (Phi) is 5.95. The molecule has 8 nitrogen and oxygen atoms in total. The van der Waals surface area contributed by atoms with Gasteiger partial charge in [-0.05, 0) is 41.0 Å². The number of ether oxygens (including phenoxy) is 2. The van der Waals surface area contributed by atoms with Crippen molar-refractivity contribution in [1.29, 1.82) is 0 Å². The fourth-order valence-corrected chi connectivity index (χ4v) is 4.68. The van der Waals surface area contributed by atoms with Gasteiger partial charge in [0.05, 0.1) is 17.4 Å². The van der Waals surface area contributed by atoms with Gasteiger partial charge in [0.15, 0.2) is 6.23 Å². The predicted octanol–water partition coefficient (Wildman–Crippen LogP) is 4.13. The van der Waals surface area contributed by atoms with Crippen molar-refractivity contribution < 1.29 is 23.6 Å². The SMILES string of the molecule is O=C1CC(c2ccc(OCc3cccc(F)c3)cc2)C2C(NNC2c2cccc([N+](=O)[O-])c2)O1. The van der Waals surface area contributed by atoms with Crippen LogP contribution in [-0.2, 0) is 16.1 Å². The van der Waals surface area contributed by atoms with Crippen LogP contribution in [0.1, 0.15) is 35.1 Å². The Morgan fingerprint density at radius 2 is 1.82 bits per heavy atom. The van der Waals surface area contributed by atoms with Gasteiger partial charge in [-0.25, -0.2) is 15.2 Å². The maximum Gasteiger partial charge on any atom is 0.308 e. The van der Waals surface area contributed by atoms with Gasteiger partial charge in [0.25, 0.3) is 5.69 Å². The lowest BCUT2D eigenvalue weighted by Crippen LogP contribution is -2.42. The van der Waals surface area contributed by atoms with Crippen LogP contribution in [0.4, 0.5) is 10.1 Å². The molecule has 0 spiro atoms. The largest absolute Gasteiger partial charge is 0.489 e. The van der Waals surface area contributed by atoms with Crippen LogP contribution in [0.5, 0.6) is 5.75 Å². The molecule has 0 aromatic heterocycles. The number of nitro benzene ring substituents is 1. The molecule has 0 bridgehead atoms. The Balaban J connectivity index is 1.36. The van der Waals surface area contributed by atoms with Gasteiger partial charge >= 0.3 is 5.97 Å². The van der Waals surface area contributed by atoms with Crippen molar-refractivity contribution in [3.8, 4) is 5.75 Å². The molecule has 2 heterocycles. The van der Waals surface area contributed by atoms with Crippen molar-refractivity contribution in [2.45, 2.75) is 31.2 Å². The molecule has 9 heteroatoms. The van der Waals surface area contributed by atoms with Crippen molar-refractivity contribution in [3.63, 3.8) is 0 Å². The molecule has 3 aromatic carbocycles. The fourth-order valence-electron chi connectivity index (χ4n) is 4.68. The van der Waals surface area contributed by atoms with Gasteiger partial charge in [0.1, 0.15) is 18.2 Å². The second-order valence-corrected chi connectivity index (χ2v) is 8.40. The molecule has 4 atom stereocenters. The molecule has 5 rings (SSSR count). The third-order valence-corrected chi connectivity index (χ3v) is 6.27. The molecule has 0 radical (unpaired) electrons. The molecule has 3 aromatic rings. The molecule has 0 saturated carbocycles. The van der Waals surface area contributed by atoms with Crippen LogP contribution >= 0.6 is 0 Å². The molecule has 2 N–H and O–H groups in total. The number of nitro groups is 1. The number of esters is 1. The second kappa shape index (κ2) is 9.20. The highest BCUT2D eigenvalue weighted by atomic mass is 19.1. The summed E-state index contributed by atoms with van der Waals surface area (Å²) in [5.74, 6) is -0.339. The first-order valence-corrected chi connectivity index (χ1v) is 10.9. The maximum absolute atomic E-state index is 13.4. The van der Waals surface area contributed by atoms with Crippen LogP contribution in [0, 0.1) is 21.8 Å². The Bertz CT molecular complexity index is 1220. The summed E-state index contributed by atoms with van der Waals surface area (Å²) in [7, 11) is 0. The molecular weight excluding hydrogens is 441 g/mol. The molecule has 174 valence electrons. The van der Waals surface area contributed by atoms with E-state index in [0.29, 0.717) is 5.75 Å². The summed E-state index contributed by atoms with van der Waals surface area (Å²) in [6.07, 6.45) is -0.362. The number of halogens is 1. The Labute approximate surface area is 194 Å². The molecule has 2 aliphatic rings. The van der Waals surface area contributed by atoms with Gasteiger partial charge < -0.3 is 9.47 Å². The molecular formula is C25H22FN3O5. The summed E-state index contributed by atoms with van der Waals surface area (Å²) in [6, 6.07) is 19.9. The lowest BCUT2D eigenvalue weighted by molar-refractivity contribution is -0.384. The van der Waals surface area contributed by atoms with Gasteiger partial charge in [-0.2, -0.15) is 0 Å². The average molecular weight is 463 g/mol. The first-order valence-electron chi connectivity index (χ1n) is 10.9. The van der Waals surface area contributed by atoms with Crippen LogP contribution in [0.3, 0.4) is 0 Å². The number of benzene rings is 3. The topological polar surface area (TPSA) is 103 Å². The van der Waals surface area contributed by atoms with Crippen LogP contribution in [0.15, 0.2) is 72.8 Å². The number of hydrogen-bond donors (Lipinski definition) is 2. The predicted molar refractivity (Wildman–Crippen MR) is 120 cm³/mol. The molecule has 34 heavy (non-hydrogen) atoms. The first kappa shape index (κ1) is 22.0. The highest BCUT2D eigenvalue weighted by Crippen LogP contribution is 2.45. The van der Waals surface area contributed by atoms with Gasteiger partial charge in [-0.3, -0.25) is 14.9 Å². The molecule has 0 aliphatic carbocycles. The third-order valence-electron chi connectivity index (χ3n) is 6.27. The van der Waals surface area contributed by atoms with Crippen molar-refractivity contribution in [3.05, 3.63) is 105 Å². The number of non-ortho nitro benzene ring substituents is 1. The number of fused-ring (bicyclic) bond motifs is 1. The van der Waals surface area contributed by atoms with Crippen LogP contribution in [-0.4, -0.2) is 17.1 Å². The summed E-state index contributed by atoms with van der Waals surface area (Å²) in [5.41, 5.74) is 8.58. The summed E-state index contributed by atoms with van der Waals surface area (Å²) < 4.78 is 24.7. The lowest BCUT2D eigenvalue weighted by Gasteiger charge is -2.35. The van der Waals surface area contributed by atoms with E-state index in [4.69, 9.17) is 9.47 Å². The van der Waals surface area contributed by atoms with E-state index >= 15 is 0 Å². The number of carbonyl (C=O) groups excluding carboxylic acids is 1. The quantitative estimate of drug-likeness (QED) is 0.322. The van der Waals surface area contributed by atoms with Gasteiger partial charge in [-0.1, -0.05) is 36.4 Å². The van der Waals surface area contributed by atoms with E-state index in [9.17, 15) is 19.3 Å². The lowest BCUT2D eigenvalue weighted by atomic mass is 9.76. The third kappa shape index (κ3) is 4.48.